The highest BCUT2D eigenvalue weighted by molar-refractivity contribution is 7.99. The number of carbonyl (C=O) groups excluding carboxylic acids is 2. The van der Waals surface area contributed by atoms with Gasteiger partial charge in [0.1, 0.15) is 13.2 Å². The predicted octanol–water partition coefficient (Wildman–Crippen LogP) is 4.32. The molecular weight excluding hydrogens is 426 g/mol. The van der Waals surface area contributed by atoms with Gasteiger partial charge in [0.2, 0.25) is 5.91 Å². The SMILES string of the molecule is Cc1ccc(NC(=O)c2ccc3c(c2)OCCO3)cc1N1CSc2cc(C(N)=O)ccc21. The minimum Gasteiger partial charge on any atom is -0.486 e. The van der Waals surface area contributed by atoms with Gasteiger partial charge in [-0.1, -0.05) is 6.07 Å². The Balaban J connectivity index is 1.39. The first kappa shape index (κ1) is 20.3. The number of rotatable bonds is 4. The zero-order chi connectivity index (χ0) is 22.2. The monoisotopic (exact) mass is 447 g/mol. The molecule has 0 saturated heterocycles. The van der Waals surface area contributed by atoms with Crippen LogP contribution < -0.4 is 25.4 Å². The maximum Gasteiger partial charge on any atom is 0.255 e. The molecule has 0 unspecified atom stereocenters. The summed E-state index contributed by atoms with van der Waals surface area (Å²) >= 11 is 1.65. The Hall–Kier alpha value is -3.65. The van der Waals surface area contributed by atoms with Gasteiger partial charge in [0.25, 0.3) is 5.91 Å². The molecule has 0 fully saturated rings. The van der Waals surface area contributed by atoms with Crippen LogP contribution in [0.5, 0.6) is 11.5 Å². The van der Waals surface area contributed by atoms with Gasteiger partial charge in [-0.25, -0.2) is 0 Å². The Labute approximate surface area is 189 Å². The van der Waals surface area contributed by atoms with Crippen molar-refractivity contribution in [3.05, 3.63) is 71.3 Å². The zero-order valence-electron chi connectivity index (χ0n) is 17.4. The number of carbonyl (C=O) groups is 2. The molecule has 3 aromatic rings. The minimum atomic E-state index is -0.438. The van der Waals surface area contributed by atoms with E-state index in [1.54, 1.807) is 36.0 Å². The fourth-order valence-corrected chi connectivity index (χ4v) is 4.86. The number of nitrogens with one attached hydrogen (secondary N) is 1. The molecule has 0 spiro atoms. The molecule has 32 heavy (non-hydrogen) atoms. The number of fused-ring (bicyclic) bond motifs is 2. The standard InChI is InChI=1S/C24H21N3O4S/c1-14-2-5-17(26-24(29)16-4-7-20-21(10-16)31-9-8-30-20)12-19(14)27-13-32-22-11-15(23(25)28)3-6-18(22)27/h2-7,10-12H,8-9,13H2,1H3,(H2,25,28)(H,26,29). The van der Waals surface area contributed by atoms with Crippen LogP contribution in [-0.2, 0) is 0 Å². The summed E-state index contributed by atoms with van der Waals surface area (Å²) in [6, 6.07) is 16.5. The van der Waals surface area contributed by atoms with Gasteiger partial charge < -0.3 is 25.4 Å². The molecule has 3 aromatic carbocycles. The maximum absolute atomic E-state index is 12.8. The molecule has 0 radical (unpaired) electrons. The highest BCUT2D eigenvalue weighted by Gasteiger charge is 2.24. The lowest BCUT2D eigenvalue weighted by atomic mass is 10.1. The summed E-state index contributed by atoms with van der Waals surface area (Å²) < 4.78 is 11.1. The summed E-state index contributed by atoms with van der Waals surface area (Å²) in [7, 11) is 0. The van der Waals surface area contributed by atoms with E-state index in [9.17, 15) is 9.59 Å². The number of hydrogen-bond acceptors (Lipinski definition) is 6. The van der Waals surface area contributed by atoms with Crippen LogP contribution in [0.4, 0.5) is 17.1 Å². The predicted molar refractivity (Wildman–Crippen MR) is 124 cm³/mol. The Morgan fingerprint density at radius 1 is 0.938 bits per heavy atom. The van der Waals surface area contributed by atoms with E-state index in [1.165, 1.54) is 0 Å². The number of amides is 2. The van der Waals surface area contributed by atoms with Gasteiger partial charge in [-0.2, -0.15) is 0 Å². The maximum atomic E-state index is 12.8. The highest BCUT2D eigenvalue weighted by Crippen LogP contribution is 2.44. The molecule has 0 saturated carbocycles. The molecule has 0 aromatic heterocycles. The third kappa shape index (κ3) is 3.73. The fourth-order valence-electron chi connectivity index (χ4n) is 3.77. The van der Waals surface area contributed by atoms with Crippen molar-refractivity contribution in [3.63, 3.8) is 0 Å². The van der Waals surface area contributed by atoms with Gasteiger partial charge in [0, 0.05) is 27.4 Å². The lowest BCUT2D eigenvalue weighted by Crippen LogP contribution is -2.17. The number of nitrogens with zero attached hydrogens (tertiary/aromatic N) is 1. The van der Waals surface area contributed by atoms with Crippen LogP contribution in [0.2, 0.25) is 0 Å². The molecule has 8 heteroatoms. The minimum absolute atomic E-state index is 0.223. The van der Waals surface area contributed by atoms with Crippen molar-refractivity contribution in [2.75, 3.05) is 29.3 Å². The van der Waals surface area contributed by atoms with E-state index in [-0.39, 0.29) is 5.91 Å². The molecule has 0 atom stereocenters. The molecule has 2 aliphatic heterocycles. The number of nitrogens with two attached hydrogens (primary N) is 1. The second-order valence-corrected chi connectivity index (χ2v) is 8.55. The van der Waals surface area contributed by atoms with Crippen LogP contribution in [0.25, 0.3) is 0 Å². The van der Waals surface area contributed by atoms with Crippen LogP contribution >= 0.6 is 11.8 Å². The number of hydrogen-bond donors (Lipinski definition) is 2. The van der Waals surface area contributed by atoms with Crippen LogP contribution in [0, 0.1) is 6.92 Å². The first-order valence-corrected chi connectivity index (χ1v) is 11.1. The largest absolute Gasteiger partial charge is 0.486 e. The van der Waals surface area contributed by atoms with Crippen molar-refractivity contribution >= 4 is 40.6 Å². The van der Waals surface area contributed by atoms with Crippen molar-refractivity contribution in [2.24, 2.45) is 5.73 Å². The Bertz CT molecular complexity index is 1240. The average molecular weight is 448 g/mol. The summed E-state index contributed by atoms with van der Waals surface area (Å²) in [5.41, 5.74) is 10.2. The molecular formula is C24H21N3O4S. The number of anilines is 3. The molecule has 5 rings (SSSR count). The molecule has 0 aliphatic carbocycles. The van der Waals surface area contributed by atoms with Crippen molar-refractivity contribution < 1.29 is 19.1 Å². The van der Waals surface area contributed by atoms with Crippen molar-refractivity contribution in [2.45, 2.75) is 11.8 Å². The van der Waals surface area contributed by atoms with Gasteiger partial charge in [-0.05, 0) is 61.0 Å². The molecule has 2 heterocycles. The van der Waals surface area contributed by atoms with Crippen LogP contribution in [0.15, 0.2) is 59.5 Å². The Kier molecular flexibility index (Phi) is 5.14. The van der Waals surface area contributed by atoms with Gasteiger partial charge in [0.15, 0.2) is 11.5 Å². The zero-order valence-corrected chi connectivity index (χ0v) is 18.2. The lowest BCUT2D eigenvalue weighted by Gasteiger charge is -2.22. The molecule has 3 N–H and O–H groups in total. The second kappa shape index (κ2) is 8.12. The number of ether oxygens (including phenoxy) is 2. The molecule has 2 aliphatic rings. The smallest absolute Gasteiger partial charge is 0.255 e. The summed E-state index contributed by atoms with van der Waals surface area (Å²) in [6.45, 7) is 3.00. The van der Waals surface area contributed by atoms with E-state index in [4.69, 9.17) is 15.2 Å². The van der Waals surface area contributed by atoms with Gasteiger partial charge in [0.05, 0.1) is 11.6 Å². The van der Waals surface area contributed by atoms with E-state index in [0.717, 1.165) is 21.8 Å². The van der Waals surface area contributed by atoms with Crippen molar-refractivity contribution in [1.82, 2.24) is 0 Å². The normalized spacial score (nSPS) is 14.1. The lowest BCUT2D eigenvalue weighted by molar-refractivity contribution is 0.0997. The molecule has 2 amide bonds. The van der Waals surface area contributed by atoms with E-state index in [1.807, 2.05) is 37.3 Å². The summed E-state index contributed by atoms with van der Waals surface area (Å²) in [5.74, 6) is 1.27. The molecule has 162 valence electrons. The Morgan fingerprint density at radius 2 is 1.72 bits per heavy atom. The number of benzene rings is 3. The quantitative estimate of drug-likeness (QED) is 0.619. The first-order valence-electron chi connectivity index (χ1n) is 10.2. The average Bonchev–Trinajstić information content (AvgIpc) is 3.23. The van der Waals surface area contributed by atoms with Gasteiger partial charge >= 0.3 is 0 Å². The number of aryl methyl sites for hydroxylation is 1. The van der Waals surface area contributed by atoms with Crippen molar-refractivity contribution in [3.8, 4) is 11.5 Å². The molecule has 0 bridgehead atoms. The summed E-state index contributed by atoms with van der Waals surface area (Å²) in [5, 5.41) is 2.97. The topological polar surface area (TPSA) is 93.9 Å². The number of primary amides is 1. The first-order chi connectivity index (χ1) is 15.5. The highest BCUT2D eigenvalue weighted by atomic mass is 32.2. The van der Waals surface area contributed by atoms with Gasteiger partial charge in [-0.15, -0.1) is 11.8 Å². The number of thioether (sulfide) groups is 1. The van der Waals surface area contributed by atoms with E-state index < -0.39 is 5.91 Å². The Morgan fingerprint density at radius 3 is 2.53 bits per heavy atom. The van der Waals surface area contributed by atoms with E-state index in [2.05, 4.69) is 10.2 Å². The van der Waals surface area contributed by atoms with Crippen LogP contribution in [0.1, 0.15) is 26.3 Å². The fraction of sp³-hybridized carbons (Fsp3) is 0.167. The van der Waals surface area contributed by atoms with Crippen molar-refractivity contribution in [1.29, 1.82) is 0 Å². The third-order valence-electron chi connectivity index (χ3n) is 5.45. The van der Waals surface area contributed by atoms with E-state index in [0.29, 0.717) is 47.4 Å². The van der Waals surface area contributed by atoms with Gasteiger partial charge in [-0.3, -0.25) is 9.59 Å². The summed E-state index contributed by atoms with van der Waals surface area (Å²) in [6.07, 6.45) is 0. The van der Waals surface area contributed by atoms with Crippen LogP contribution in [-0.4, -0.2) is 30.9 Å². The molecule has 7 nitrogen and oxygen atoms in total. The summed E-state index contributed by atoms with van der Waals surface area (Å²) in [4.78, 5) is 27.5. The van der Waals surface area contributed by atoms with Crippen LogP contribution in [0.3, 0.4) is 0 Å². The second-order valence-electron chi connectivity index (χ2n) is 7.56. The third-order valence-corrected chi connectivity index (χ3v) is 6.47. The van der Waals surface area contributed by atoms with E-state index >= 15 is 0 Å².